The van der Waals surface area contributed by atoms with Gasteiger partial charge in [-0.05, 0) is 24.6 Å². The zero-order valence-corrected chi connectivity index (χ0v) is 9.34. The summed E-state index contributed by atoms with van der Waals surface area (Å²) in [5.74, 6) is -2.06. The van der Waals surface area contributed by atoms with Gasteiger partial charge in [0.2, 0.25) is 0 Å². The molecule has 86 valence electrons. The van der Waals surface area contributed by atoms with Gasteiger partial charge >= 0.3 is 5.97 Å². The minimum atomic E-state index is -1.07. The molecule has 0 aliphatic heterocycles. The Morgan fingerprint density at radius 3 is 2.56 bits per heavy atom. The highest BCUT2D eigenvalue weighted by Gasteiger charge is 2.14. The highest BCUT2D eigenvalue weighted by molar-refractivity contribution is 6.34. The Hall–Kier alpha value is -1.42. The van der Waals surface area contributed by atoms with E-state index in [-0.39, 0.29) is 23.4 Å². The molecule has 1 N–H and O–H groups in total. The van der Waals surface area contributed by atoms with Crippen LogP contribution in [0.15, 0.2) is 12.1 Å². The second-order valence-corrected chi connectivity index (χ2v) is 3.81. The molecule has 0 heterocycles. The molecule has 0 saturated carbocycles. The Labute approximate surface area is 96.8 Å². The lowest BCUT2D eigenvalue weighted by atomic mass is 10.0. The summed E-state index contributed by atoms with van der Waals surface area (Å²) >= 11 is 5.78. The standard InChI is InChI=1S/C11H10ClFO3/c1-6-4-8(12)7(5-9(6)13)10(14)2-3-11(15)16/h4-5H,2-3H2,1H3,(H,15,16). The van der Waals surface area contributed by atoms with Crippen LogP contribution >= 0.6 is 11.6 Å². The molecule has 1 rings (SSSR count). The molecule has 0 fully saturated rings. The summed E-state index contributed by atoms with van der Waals surface area (Å²) in [6.45, 7) is 1.53. The van der Waals surface area contributed by atoms with Crippen LogP contribution in [0.3, 0.4) is 0 Å². The largest absolute Gasteiger partial charge is 0.481 e. The Balaban J connectivity index is 2.91. The Kier molecular flexibility index (Phi) is 4.01. The van der Waals surface area contributed by atoms with Gasteiger partial charge in [-0.25, -0.2) is 4.39 Å². The Morgan fingerprint density at radius 2 is 2.00 bits per heavy atom. The summed E-state index contributed by atoms with van der Waals surface area (Å²) in [4.78, 5) is 21.8. The van der Waals surface area contributed by atoms with Crippen molar-refractivity contribution >= 4 is 23.4 Å². The van der Waals surface area contributed by atoms with E-state index in [0.29, 0.717) is 5.56 Å². The molecule has 0 radical (unpaired) electrons. The van der Waals surface area contributed by atoms with Crippen LogP contribution in [-0.2, 0) is 4.79 Å². The van der Waals surface area contributed by atoms with Crippen LogP contribution in [0.4, 0.5) is 4.39 Å². The molecule has 1 aromatic carbocycles. The quantitative estimate of drug-likeness (QED) is 0.829. The molecular weight excluding hydrogens is 235 g/mol. The summed E-state index contributed by atoms with van der Waals surface area (Å²) in [6.07, 6.45) is -0.470. The third kappa shape index (κ3) is 3.03. The number of aliphatic carboxylic acids is 1. The van der Waals surface area contributed by atoms with Gasteiger partial charge in [-0.2, -0.15) is 0 Å². The minimum Gasteiger partial charge on any atom is -0.481 e. The molecule has 0 atom stereocenters. The van der Waals surface area contributed by atoms with E-state index in [1.807, 2.05) is 0 Å². The van der Waals surface area contributed by atoms with Crippen LogP contribution in [0.25, 0.3) is 0 Å². The SMILES string of the molecule is Cc1cc(Cl)c(C(=O)CCC(=O)O)cc1F. The third-order valence-electron chi connectivity index (χ3n) is 2.11. The zero-order valence-electron chi connectivity index (χ0n) is 8.59. The lowest BCUT2D eigenvalue weighted by Gasteiger charge is -2.04. The number of carboxylic acids is 1. The predicted octanol–water partition coefficient (Wildman–Crippen LogP) is 2.84. The summed E-state index contributed by atoms with van der Waals surface area (Å²) in [7, 11) is 0. The second kappa shape index (κ2) is 5.07. The normalized spacial score (nSPS) is 10.2. The molecule has 0 spiro atoms. The predicted molar refractivity (Wildman–Crippen MR) is 57.3 cm³/mol. The lowest BCUT2D eigenvalue weighted by Crippen LogP contribution is -2.05. The van der Waals surface area contributed by atoms with E-state index in [1.165, 1.54) is 13.0 Å². The monoisotopic (exact) mass is 244 g/mol. The Bertz CT molecular complexity index is 443. The van der Waals surface area contributed by atoms with Gasteiger partial charge in [-0.3, -0.25) is 9.59 Å². The fraction of sp³-hybridized carbons (Fsp3) is 0.273. The van der Waals surface area contributed by atoms with Crippen molar-refractivity contribution in [3.8, 4) is 0 Å². The van der Waals surface area contributed by atoms with Gasteiger partial charge in [-0.1, -0.05) is 11.6 Å². The van der Waals surface area contributed by atoms with Crippen LogP contribution in [0.2, 0.25) is 5.02 Å². The minimum absolute atomic E-state index is 0.0333. The van der Waals surface area contributed by atoms with Crippen molar-refractivity contribution in [1.29, 1.82) is 0 Å². The van der Waals surface area contributed by atoms with Crippen molar-refractivity contribution in [2.45, 2.75) is 19.8 Å². The first-order valence-electron chi connectivity index (χ1n) is 4.62. The molecule has 0 aliphatic rings. The number of hydrogen-bond acceptors (Lipinski definition) is 2. The molecule has 0 aliphatic carbocycles. The van der Waals surface area contributed by atoms with E-state index in [0.717, 1.165) is 6.07 Å². The van der Waals surface area contributed by atoms with Gasteiger partial charge in [0.25, 0.3) is 0 Å². The van der Waals surface area contributed by atoms with Crippen LogP contribution in [0.5, 0.6) is 0 Å². The number of ketones is 1. The van der Waals surface area contributed by atoms with E-state index < -0.39 is 17.6 Å². The fourth-order valence-electron chi connectivity index (χ4n) is 1.22. The van der Waals surface area contributed by atoms with E-state index in [9.17, 15) is 14.0 Å². The van der Waals surface area contributed by atoms with E-state index in [4.69, 9.17) is 16.7 Å². The Morgan fingerprint density at radius 1 is 1.38 bits per heavy atom. The maximum Gasteiger partial charge on any atom is 0.303 e. The molecule has 0 unspecified atom stereocenters. The van der Waals surface area contributed by atoms with Gasteiger partial charge in [0, 0.05) is 12.0 Å². The molecule has 16 heavy (non-hydrogen) atoms. The molecular formula is C11H10ClFO3. The van der Waals surface area contributed by atoms with Gasteiger partial charge < -0.3 is 5.11 Å². The molecule has 1 aromatic rings. The number of carbonyl (C=O) groups is 2. The number of halogens is 2. The maximum absolute atomic E-state index is 13.2. The van der Waals surface area contributed by atoms with Crippen LogP contribution in [-0.4, -0.2) is 16.9 Å². The maximum atomic E-state index is 13.2. The molecule has 0 aromatic heterocycles. The average Bonchev–Trinajstić information content (AvgIpc) is 2.20. The van der Waals surface area contributed by atoms with Crippen molar-refractivity contribution in [3.63, 3.8) is 0 Å². The first kappa shape index (κ1) is 12.6. The summed E-state index contributed by atoms with van der Waals surface area (Å²) in [6, 6.07) is 2.40. The number of aryl methyl sites for hydroxylation is 1. The van der Waals surface area contributed by atoms with E-state index >= 15 is 0 Å². The average molecular weight is 245 g/mol. The van der Waals surface area contributed by atoms with Crippen LogP contribution in [0.1, 0.15) is 28.8 Å². The van der Waals surface area contributed by atoms with Gasteiger partial charge in [0.1, 0.15) is 5.82 Å². The van der Waals surface area contributed by atoms with Gasteiger partial charge in [-0.15, -0.1) is 0 Å². The highest BCUT2D eigenvalue weighted by atomic mass is 35.5. The number of benzene rings is 1. The van der Waals surface area contributed by atoms with Crippen molar-refractivity contribution in [2.24, 2.45) is 0 Å². The van der Waals surface area contributed by atoms with Crippen LogP contribution < -0.4 is 0 Å². The number of rotatable bonds is 4. The second-order valence-electron chi connectivity index (χ2n) is 3.40. The lowest BCUT2D eigenvalue weighted by molar-refractivity contribution is -0.136. The summed E-state index contributed by atoms with van der Waals surface area (Å²) in [5.41, 5.74) is 0.380. The number of Topliss-reactive ketones (excluding diaryl/α,β-unsaturated/α-hetero) is 1. The molecule has 0 bridgehead atoms. The van der Waals surface area contributed by atoms with Crippen molar-refractivity contribution < 1.29 is 19.1 Å². The molecule has 5 heteroatoms. The number of carboxylic acid groups (broad SMARTS) is 1. The number of carbonyl (C=O) groups excluding carboxylic acids is 1. The van der Waals surface area contributed by atoms with Gasteiger partial charge in [0.15, 0.2) is 5.78 Å². The van der Waals surface area contributed by atoms with E-state index in [1.54, 1.807) is 0 Å². The smallest absolute Gasteiger partial charge is 0.303 e. The molecule has 0 saturated heterocycles. The highest BCUT2D eigenvalue weighted by Crippen LogP contribution is 2.22. The van der Waals surface area contributed by atoms with Crippen molar-refractivity contribution in [1.82, 2.24) is 0 Å². The fourth-order valence-corrected chi connectivity index (χ4v) is 1.54. The molecule has 0 amide bonds. The van der Waals surface area contributed by atoms with E-state index in [2.05, 4.69) is 0 Å². The first-order chi connectivity index (χ1) is 7.41. The topological polar surface area (TPSA) is 54.4 Å². The first-order valence-corrected chi connectivity index (χ1v) is 5.00. The van der Waals surface area contributed by atoms with Gasteiger partial charge in [0.05, 0.1) is 11.4 Å². The number of hydrogen-bond donors (Lipinski definition) is 1. The summed E-state index contributed by atoms with van der Waals surface area (Å²) in [5, 5.41) is 8.57. The summed E-state index contributed by atoms with van der Waals surface area (Å²) < 4.78 is 13.2. The van der Waals surface area contributed by atoms with Crippen molar-refractivity contribution in [3.05, 3.63) is 34.1 Å². The van der Waals surface area contributed by atoms with Crippen LogP contribution in [0, 0.1) is 12.7 Å². The zero-order chi connectivity index (χ0) is 12.3. The van der Waals surface area contributed by atoms with Crippen molar-refractivity contribution in [2.75, 3.05) is 0 Å². The third-order valence-corrected chi connectivity index (χ3v) is 2.43. The molecule has 3 nitrogen and oxygen atoms in total.